The van der Waals surface area contributed by atoms with Crippen LogP contribution in [0.2, 0.25) is 21.7 Å². The van der Waals surface area contributed by atoms with Crippen molar-refractivity contribution >= 4 is 27.0 Å². The van der Waals surface area contributed by atoms with E-state index in [0.717, 1.165) is 25.7 Å². The van der Waals surface area contributed by atoms with Crippen LogP contribution < -0.4 is 10.4 Å². The Morgan fingerprint density at radius 1 is 0.841 bits per heavy atom. The van der Waals surface area contributed by atoms with Crippen molar-refractivity contribution < 1.29 is 23.4 Å². The van der Waals surface area contributed by atoms with Crippen LogP contribution >= 0.6 is 0 Å². The van der Waals surface area contributed by atoms with E-state index in [0.29, 0.717) is 42.7 Å². The van der Waals surface area contributed by atoms with E-state index in [1.165, 1.54) is 10.4 Å². The van der Waals surface area contributed by atoms with Gasteiger partial charge in [0.2, 0.25) is 8.32 Å². The summed E-state index contributed by atoms with van der Waals surface area (Å²) in [5.41, 5.74) is 1.29. The maximum absolute atomic E-state index is 12.0. The number of aliphatic hydroxyl groups is 1. The Morgan fingerprint density at radius 3 is 1.89 bits per heavy atom. The van der Waals surface area contributed by atoms with Crippen LogP contribution in [-0.4, -0.2) is 59.1 Å². The van der Waals surface area contributed by atoms with Crippen LogP contribution in [0.1, 0.15) is 101 Å². The first-order chi connectivity index (χ1) is 20.8. The zero-order chi connectivity index (χ0) is 32.2. The molecule has 0 radical (unpaired) electrons. The van der Waals surface area contributed by atoms with Crippen molar-refractivity contribution in [3.8, 4) is 0 Å². The van der Waals surface area contributed by atoms with Gasteiger partial charge in [0.15, 0.2) is 5.79 Å². The molecule has 4 rings (SSSR count). The second-order valence-corrected chi connectivity index (χ2v) is 24.9. The standard InChI is InChI=1S/C37H60O5Si2/c1-28(2)43(29(3)4,30(5)6)42-34-27-31(41-37(35(34)38)24-17-12-18-25-39-37)23-26-40-44(36(7,8)9,32-19-13-10-14-20-32)33-21-15-11-16-22-33/h10-11,13-16,19-22,28-31,34-35,38H,12,17-18,23-27H2,1-9H3/t31-,34-,35+,37-/m1/s1. The summed E-state index contributed by atoms with van der Waals surface area (Å²) in [5.74, 6) is -1.02. The lowest BCUT2D eigenvalue weighted by molar-refractivity contribution is -0.339. The van der Waals surface area contributed by atoms with Crippen molar-refractivity contribution in [1.82, 2.24) is 0 Å². The molecule has 0 amide bonds. The van der Waals surface area contributed by atoms with Crippen LogP contribution in [0.15, 0.2) is 60.7 Å². The van der Waals surface area contributed by atoms with Gasteiger partial charge in [-0.3, -0.25) is 0 Å². The molecule has 0 saturated carbocycles. The van der Waals surface area contributed by atoms with Gasteiger partial charge in [-0.25, -0.2) is 0 Å². The van der Waals surface area contributed by atoms with Crippen LogP contribution in [0.4, 0.5) is 0 Å². The maximum Gasteiger partial charge on any atom is 0.261 e. The summed E-state index contributed by atoms with van der Waals surface area (Å²) in [5, 5.41) is 14.5. The minimum atomic E-state index is -2.66. The Labute approximate surface area is 270 Å². The molecule has 0 bridgehead atoms. The SMILES string of the molecule is CC(C)[Si](O[C@@H]1C[C@@H](CCO[Si](c2ccccc2)(c2ccccc2)C(C)(C)C)O[C@]2(CCCCCO2)[C@H]1O)(C(C)C)C(C)C. The van der Waals surface area contributed by atoms with Crippen LogP contribution in [-0.2, 0) is 18.3 Å². The monoisotopic (exact) mass is 640 g/mol. The first-order valence-corrected chi connectivity index (χ1v) is 21.3. The largest absolute Gasteiger partial charge is 0.410 e. The summed E-state index contributed by atoms with van der Waals surface area (Å²) in [7, 11) is -4.91. The Balaban J connectivity index is 1.65. The molecule has 2 heterocycles. The molecule has 0 aliphatic carbocycles. The average Bonchev–Trinajstić information content (AvgIpc) is 3.22. The van der Waals surface area contributed by atoms with Gasteiger partial charge >= 0.3 is 0 Å². The Bertz CT molecular complexity index is 1080. The second kappa shape index (κ2) is 14.6. The summed E-state index contributed by atoms with van der Waals surface area (Å²) in [4.78, 5) is 0. The minimum Gasteiger partial charge on any atom is -0.410 e. The van der Waals surface area contributed by atoms with E-state index >= 15 is 0 Å². The van der Waals surface area contributed by atoms with E-state index in [1.54, 1.807) is 0 Å². The number of benzene rings is 2. The summed E-state index contributed by atoms with van der Waals surface area (Å²) in [6.45, 7) is 22.0. The molecule has 0 unspecified atom stereocenters. The van der Waals surface area contributed by atoms with Crippen molar-refractivity contribution in [3.05, 3.63) is 60.7 Å². The van der Waals surface area contributed by atoms with E-state index in [4.69, 9.17) is 18.3 Å². The van der Waals surface area contributed by atoms with Gasteiger partial charge in [0.25, 0.3) is 8.32 Å². The lowest BCUT2D eigenvalue weighted by Gasteiger charge is -2.52. The Hall–Kier alpha value is -1.33. The van der Waals surface area contributed by atoms with Crippen molar-refractivity contribution in [3.63, 3.8) is 0 Å². The summed E-state index contributed by atoms with van der Waals surface area (Å²) >= 11 is 0. The van der Waals surface area contributed by atoms with Gasteiger partial charge < -0.3 is 23.4 Å². The zero-order valence-electron chi connectivity index (χ0n) is 29.0. The molecular formula is C37H60O5Si2. The quantitative estimate of drug-likeness (QED) is 0.253. The summed E-state index contributed by atoms with van der Waals surface area (Å²) in [6, 6.07) is 21.6. The molecule has 44 heavy (non-hydrogen) atoms. The maximum atomic E-state index is 12.0. The number of hydrogen-bond donors (Lipinski definition) is 1. The molecule has 7 heteroatoms. The molecule has 2 fully saturated rings. The molecular weight excluding hydrogens is 581 g/mol. The molecule has 2 aromatic carbocycles. The molecule has 1 N–H and O–H groups in total. The van der Waals surface area contributed by atoms with E-state index in [9.17, 15) is 5.11 Å². The van der Waals surface area contributed by atoms with Crippen molar-refractivity contribution in [2.45, 2.75) is 147 Å². The van der Waals surface area contributed by atoms with Gasteiger partial charge in [0, 0.05) is 19.4 Å². The summed E-state index contributed by atoms with van der Waals surface area (Å²) in [6.07, 6.45) is 3.88. The van der Waals surface area contributed by atoms with Crippen LogP contribution in [0.3, 0.4) is 0 Å². The minimum absolute atomic E-state index is 0.0897. The fourth-order valence-corrected chi connectivity index (χ4v) is 18.6. The van der Waals surface area contributed by atoms with E-state index in [-0.39, 0.29) is 17.2 Å². The highest BCUT2D eigenvalue weighted by molar-refractivity contribution is 6.99. The number of ether oxygens (including phenoxy) is 2. The van der Waals surface area contributed by atoms with Crippen molar-refractivity contribution in [2.75, 3.05) is 13.2 Å². The normalized spacial score (nSPS) is 25.6. The number of rotatable bonds is 11. The van der Waals surface area contributed by atoms with Gasteiger partial charge in [-0.05, 0) is 51.3 Å². The highest BCUT2D eigenvalue weighted by atomic mass is 28.4. The molecule has 0 aromatic heterocycles. The van der Waals surface area contributed by atoms with Gasteiger partial charge in [-0.1, -0.05) is 129 Å². The highest BCUT2D eigenvalue weighted by Crippen LogP contribution is 2.47. The highest BCUT2D eigenvalue weighted by Gasteiger charge is 2.56. The second-order valence-electron chi connectivity index (χ2n) is 15.2. The van der Waals surface area contributed by atoms with Crippen molar-refractivity contribution in [1.29, 1.82) is 0 Å². The van der Waals surface area contributed by atoms with Crippen LogP contribution in [0.25, 0.3) is 0 Å². The molecule has 1 spiro atoms. The lowest BCUT2D eigenvalue weighted by Crippen LogP contribution is -2.67. The third-order valence-corrected chi connectivity index (χ3v) is 21.6. The smallest absolute Gasteiger partial charge is 0.261 e. The lowest BCUT2D eigenvalue weighted by atomic mass is 9.90. The van der Waals surface area contributed by atoms with Crippen molar-refractivity contribution in [2.24, 2.45) is 0 Å². The Kier molecular flexibility index (Phi) is 11.8. The van der Waals surface area contributed by atoms with Gasteiger partial charge in [-0.2, -0.15) is 0 Å². The molecule has 2 aliphatic rings. The average molecular weight is 641 g/mol. The first-order valence-electron chi connectivity index (χ1n) is 17.2. The zero-order valence-corrected chi connectivity index (χ0v) is 31.0. The molecule has 5 nitrogen and oxygen atoms in total. The third-order valence-electron chi connectivity index (χ3n) is 10.4. The molecule has 2 aromatic rings. The van der Waals surface area contributed by atoms with Gasteiger partial charge in [-0.15, -0.1) is 0 Å². The molecule has 4 atom stereocenters. The molecule has 2 saturated heterocycles. The predicted molar refractivity (Wildman–Crippen MR) is 187 cm³/mol. The number of hydrogen-bond acceptors (Lipinski definition) is 5. The first kappa shape index (κ1) is 35.5. The Morgan fingerprint density at radius 2 is 1.39 bits per heavy atom. The van der Waals surface area contributed by atoms with Gasteiger partial charge in [0.1, 0.15) is 6.10 Å². The van der Waals surface area contributed by atoms with E-state index in [2.05, 4.69) is 123 Å². The fraction of sp³-hybridized carbons (Fsp3) is 0.676. The van der Waals surface area contributed by atoms with Gasteiger partial charge in [0.05, 0.1) is 18.8 Å². The summed E-state index contributed by atoms with van der Waals surface area (Å²) < 4.78 is 27.9. The molecule has 246 valence electrons. The van der Waals surface area contributed by atoms with Crippen LogP contribution in [0, 0.1) is 0 Å². The predicted octanol–water partition coefficient (Wildman–Crippen LogP) is 7.95. The fourth-order valence-electron chi connectivity index (χ4n) is 8.43. The molecule has 2 aliphatic heterocycles. The van der Waals surface area contributed by atoms with Crippen LogP contribution in [0.5, 0.6) is 0 Å². The number of aliphatic hydroxyl groups excluding tert-OH is 1. The van der Waals surface area contributed by atoms with E-state index in [1.807, 2.05) is 0 Å². The third kappa shape index (κ3) is 6.99. The van der Waals surface area contributed by atoms with E-state index < -0.39 is 28.5 Å². The topological polar surface area (TPSA) is 57.2 Å².